The highest BCUT2D eigenvalue weighted by Crippen LogP contribution is 2.32. The predicted octanol–water partition coefficient (Wildman–Crippen LogP) is 3.88. The van der Waals surface area contributed by atoms with Crippen LogP contribution < -0.4 is 9.64 Å². The van der Waals surface area contributed by atoms with Crippen LogP contribution in [0, 0.1) is 5.92 Å². The van der Waals surface area contributed by atoms with E-state index in [0.29, 0.717) is 0 Å². The van der Waals surface area contributed by atoms with Gasteiger partial charge < -0.3 is 14.4 Å². The van der Waals surface area contributed by atoms with Crippen molar-refractivity contribution in [3.63, 3.8) is 0 Å². The van der Waals surface area contributed by atoms with Crippen LogP contribution in [0.25, 0.3) is 11.3 Å². The number of aryl methyl sites for hydroxylation is 1. The number of unbranched alkanes of at least 4 members (excludes halogenated alkanes) is 1. The number of methoxy groups -OCH3 is 2. The molecule has 1 aromatic heterocycles. The first-order valence-electron chi connectivity index (χ1n) is 9.99. The van der Waals surface area contributed by atoms with Crippen LogP contribution in [-0.4, -0.2) is 43.2 Å². The Morgan fingerprint density at radius 1 is 1.18 bits per heavy atom. The summed E-state index contributed by atoms with van der Waals surface area (Å²) in [5.41, 5.74) is 2.91. The van der Waals surface area contributed by atoms with E-state index in [2.05, 4.69) is 11.8 Å². The lowest BCUT2D eigenvalue weighted by Gasteiger charge is -2.32. The van der Waals surface area contributed by atoms with Gasteiger partial charge in [-0.2, -0.15) is 0 Å². The van der Waals surface area contributed by atoms with E-state index in [1.807, 2.05) is 30.5 Å². The van der Waals surface area contributed by atoms with Crippen molar-refractivity contribution in [3.05, 3.63) is 36.2 Å². The number of carbonyl (C=O) groups is 1. The molecule has 0 saturated carbocycles. The third-order valence-corrected chi connectivity index (χ3v) is 5.28. The van der Waals surface area contributed by atoms with Gasteiger partial charge in [-0.15, -0.1) is 0 Å². The third-order valence-electron chi connectivity index (χ3n) is 5.28. The van der Waals surface area contributed by atoms with E-state index in [4.69, 9.17) is 19.4 Å². The standard InChI is InChI=1S/C22H29N3O3/c1-4-5-6-18-15-23-20(16-7-9-19(27-2)10-8-16)21(24-18)25-13-11-17(12-14-25)22(26)28-3/h7-10,15,17H,4-6,11-14H2,1-3H3. The van der Waals surface area contributed by atoms with Gasteiger partial charge in [-0.05, 0) is 49.9 Å². The van der Waals surface area contributed by atoms with Crippen molar-refractivity contribution in [2.75, 3.05) is 32.2 Å². The number of piperidine rings is 1. The summed E-state index contributed by atoms with van der Waals surface area (Å²) in [7, 11) is 3.12. The van der Waals surface area contributed by atoms with Crippen molar-refractivity contribution >= 4 is 11.8 Å². The van der Waals surface area contributed by atoms with Gasteiger partial charge in [-0.25, -0.2) is 4.98 Å². The van der Waals surface area contributed by atoms with Crippen LogP contribution in [0.1, 0.15) is 38.3 Å². The lowest BCUT2D eigenvalue weighted by Crippen LogP contribution is -2.37. The van der Waals surface area contributed by atoms with Gasteiger partial charge in [0, 0.05) is 24.8 Å². The second-order valence-electron chi connectivity index (χ2n) is 7.15. The molecular weight excluding hydrogens is 354 g/mol. The third kappa shape index (κ3) is 4.61. The van der Waals surface area contributed by atoms with Gasteiger partial charge >= 0.3 is 5.97 Å². The summed E-state index contributed by atoms with van der Waals surface area (Å²) in [5.74, 6) is 1.58. The topological polar surface area (TPSA) is 64.5 Å². The Balaban J connectivity index is 1.88. The van der Waals surface area contributed by atoms with Crippen LogP contribution in [0.15, 0.2) is 30.5 Å². The summed E-state index contributed by atoms with van der Waals surface area (Å²) in [4.78, 5) is 23.8. The Labute approximate surface area is 166 Å². The molecule has 1 aliphatic heterocycles. The van der Waals surface area contributed by atoms with Crippen LogP contribution in [0.2, 0.25) is 0 Å². The fraction of sp³-hybridized carbons (Fsp3) is 0.500. The van der Waals surface area contributed by atoms with E-state index in [0.717, 1.165) is 73.7 Å². The molecule has 1 aliphatic rings. The summed E-state index contributed by atoms with van der Waals surface area (Å²) in [6.45, 7) is 3.72. The molecule has 0 N–H and O–H groups in total. The van der Waals surface area contributed by atoms with E-state index in [1.165, 1.54) is 7.11 Å². The molecule has 2 heterocycles. The van der Waals surface area contributed by atoms with Crippen molar-refractivity contribution in [2.24, 2.45) is 5.92 Å². The second-order valence-corrected chi connectivity index (χ2v) is 7.15. The zero-order valence-electron chi connectivity index (χ0n) is 17.0. The van der Waals surface area contributed by atoms with Gasteiger partial charge in [0.15, 0.2) is 5.82 Å². The first-order valence-corrected chi connectivity index (χ1v) is 9.99. The van der Waals surface area contributed by atoms with Gasteiger partial charge in [0.2, 0.25) is 0 Å². The van der Waals surface area contributed by atoms with E-state index in [9.17, 15) is 4.79 Å². The molecule has 3 rings (SSSR count). The van der Waals surface area contributed by atoms with Crippen molar-refractivity contribution in [3.8, 4) is 17.0 Å². The number of nitrogens with zero attached hydrogens (tertiary/aromatic N) is 3. The van der Waals surface area contributed by atoms with Gasteiger partial charge in [-0.3, -0.25) is 9.78 Å². The van der Waals surface area contributed by atoms with Crippen LogP contribution in [0.4, 0.5) is 5.82 Å². The van der Waals surface area contributed by atoms with Crippen LogP contribution >= 0.6 is 0 Å². The number of aromatic nitrogens is 2. The molecule has 1 aromatic carbocycles. The van der Waals surface area contributed by atoms with Crippen LogP contribution in [0.3, 0.4) is 0 Å². The molecule has 0 radical (unpaired) electrons. The molecular formula is C22H29N3O3. The Morgan fingerprint density at radius 3 is 2.50 bits per heavy atom. The molecule has 1 fully saturated rings. The molecule has 0 aliphatic carbocycles. The Kier molecular flexibility index (Phi) is 6.85. The predicted molar refractivity (Wildman–Crippen MR) is 110 cm³/mol. The molecule has 28 heavy (non-hydrogen) atoms. The molecule has 0 amide bonds. The maximum Gasteiger partial charge on any atom is 0.308 e. The second kappa shape index (κ2) is 9.53. The van der Waals surface area contributed by atoms with E-state index >= 15 is 0 Å². The molecule has 0 bridgehead atoms. The van der Waals surface area contributed by atoms with Gasteiger partial charge in [0.1, 0.15) is 11.4 Å². The average molecular weight is 383 g/mol. The smallest absolute Gasteiger partial charge is 0.308 e. The zero-order valence-corrected chi connectivity index (χ0v) is 17.0. The lowest BCUT2D eigenvalue weighted by molar-refractivity contribution is -0.146. The first-order chi connectivity index (χ1) is 13.7. The van der Waals surface area contributed by atoms with Gasteiger partial charge in [0.05, 0.1) is 25.8 Å². The number of ether oxygens (including phenoxy) is 2. The van der Waals surface area contributed by atoms with Gasteiger partial charge in [-0.1, -0.05) is 13.3 Å². The first kappa shape index (κ1) is 20.1. The minimum absolute atomic E-state index is 0.0260. The molecule has 0 spiro atoms. The minimum atomic E-state index is -0.113. The zero-order chi connectivity index (χ0) is 19.9. The molecule has 2 aromatic rings. The molecule has 0 atom stereocenters. The summed E-state index contributed by atoms with van der Waals surface area (Å²) in [5, 5.41) is 0. The average Bonchev–Trinajstić information content (AvgIpc) is 2.77. The minimum Gasteiger partial charge on any atom is -0.497 e. The van der Waals surface area contributed by atoms with Crippen molar-refractivity contribution in [1.29, 1.82) is 0 Å². The molecule has 1 saturated heterocycles. The number of anilines is 1. The fourth-order valence-electron chi connectivity index (χ4n) is 3.56. The maximum absolute atomic E-state index is 11.9. The number of carbonyl (C=O) groups excluding carboxylic acids is 1. The summed E-state index contributed by atoms with van der Waals surface area (Å²) >= 11 is 0. The Hall–Kier alpha value is -2.63. The van der Waals surface area contributed by atoms with Crippen molar-refractivity contribution in [2.45, 2.75) is 39.0 Å². The maximum atomic E-state index is 11.9. The van der Waals surface area contributed by atoms with E-state index in [-0.39, 0.29) is 11.9 Å². The fourth-order valence-corrected chi connectivity index (χ4v) is 3.56. The number of rotatable bonds is 7. The number of hydrogen-bond donors (Lipinski definition) is 0. The molecule has 0 unspecified atom stereocenters. The highest BCUT2D eigenvalue weighted by atomic mass is 16.5. The van der Waals surface area contributed by atoms with Crippen LogP contribution in [0.5, 0.6) is 5.75 Å². The highest BCUT2D eigenvalue weighted by molar-refractivity contribution is 5.74. The summed E-state index contributed by atoms with van der Waals surface area (Å²) in [6.07, 6.45) is 6.59. The summed E-state index contributed by atoms with van der Waals surface area (Å²) in [6, 6.07) is 7.91. The normalized spacial score (nSPS) is 14.8. The van der Waals surface area contributed by atoms with Crippen LogP contribution in [-0.2, 0) is 16.0 Å². The van der Waals surface area contributed by atoms with E-state index < -0.39 is 0 Å². The largest absolute Gasteiger partial charge is 0.497 e. The van der Waals surface area contributed by atoms with Crippen molar-refractivity contribution < 1.29 is 14.3 Å². The van der Waals surface area contributed by atoms with Gasteiger partial charge in [0.25, 0.3) is 0 Å². The highest BCUT2D eigenvalue weighted by Gasteiger charge is 2.28. The number of esters is 1. The molecule has 6 nitrogen and oxygen atoms in total. The van der Waals surface area contributed by atoms with Crippen molar-refractivity contribution in [1.82, 2.24) is 9.97 Å². The molecule has 150 valence electrons. The number of hydrogen-bond acceptors (Lipinski definition) is 6. The Bertz CT molecular complexity index is 784. The SMILES string of the molecule is CCCCc1cnc(-c2ccc(OC)cc2)c(N2CCC(C(=O)OC)CC2)n1. The number of benzene rings is 1. The monoisotopic (exact) mass is 383 g/mol. The quantitative estimate of drug-likeness (QED) is 0.676. The summed E-state index contributed by atoms with van der Waals surface area (Å²) < 4.78 is 10.2. The molecule has 6 heteroatoms. The van der Waals surface area contributed by atoms with E-state index in [1.54, 1.807) is 7.11 Å². The lowest BCUT2D eigenvalue weighted by atomic mass is 9.96. The Morgan fingerprint density at radius 2 is 1.89 bits per heavy atom.